The molecule has 3 N–H and O–H groups in total. The maximum absolute atomic E-state index is 11.5. The van der Waals surface area contributed by atoms with Gasteiger partial charge < -0.3 is 15.7 Å². The van der Waals surface area contributed by atoms with Crippen LogP contribution in [0.2, 0.25) is 0 Å². The quantitative estimate of drug-likeness (QED) is 0.672. The molecule has 5 nitrogen and oxygen atoms in total. The van der Waals surface area contributed by atoms with E-state index in [0.717, 1.165) is 23.0 Å². The lowest BCUT2D eigenvalue weighted by Gasteiger charge is -2.07. The number of carbonyl (C=O) groups is 2. The molecular weight excluding hydrogens is 312 g/mol. The third-order valence-electron chi connectivity index (χ3n) is 2.44. The molecule has 0 aromatic heterocycles. The minimum Gasteiger partial charge on any atom is -0.481 e. The highest BCUT2D eigenvalue weighted by atomic mass is 79.9. The summed E-state index contributed by atoms with van der Waals surface area (Å²) >= 11 is 3.33. The zero-order valence-electron chi connectivity index (χ0n) is 10.5. The fraction of sp³-hybridized carbons (Fsp3) is 0.385. The van der Waals surface area contributed by atoms with Crippen molar-refractivity contribution in [3.63, 3.8) is 0 Å². The minimum absolute atomic E-state index is 0.185. The summed E-state index contributed by atoms with van der Waals surface area (Å²) < 4.78 is 0.902. The van der Waals surface area contributed by atoms with Crippen LogP contribution in [0.15, 0.2) is 28.7 Å². The van der Waals surface area contributed by atoms with Crippen molar-refractivity contribution in [3.8, 4) is 0 Å². The second-order valence-electron chi connectivity index (χ2n) is 4.10. The molecule has 0 unspecified atom stereocenters. The maximum Gasteiger partial charge on any atom is 0.319 e. The maximum atomic E-state index is 11.5. The lowest BCUT2D eigenvalue weighted by molar-refractivity contribution is -0.137. The van der Waals surface area contributed by atoms with Gasteiger partial charge in [-0.15, -0.1) is 0 Å². The summed E-state index contributed by atoms with van der Waals surface area (Å²) in [5.74, 6) is -0.777. The first kappa shape index (κ1) is 15.5. The Morgan fingerprint density at radius 1 is 1.21 bits per heavy atom. The number of carboxylic acid groups (broad SMARTS) is 1. The van der Waals surface area contributed by atoms with E-state index in [1.54, 1.807) is 6.07 Å². The Morgan fingerprint density at radius 2 is 2.00 bits per heavy atom. The first-order valence-electron chi connectivity index (χ1n) is 6.10. The number of amides is 2. The monoisotopic (exact) mass is 328 g/mol. The predicted octanol–water partition coefficient (Wildman–Crippen LogP) is 3.22. The van der Waals surface area contributed by atoms with E-state index in [0.29, 0.717) is 13.0 Å². The third-order valence-corrected chi connectivity index (χ3v) is 2.93. The second kappa shape index (κ2) is 8.53. The van der Waals surface area contributed by atoms with E-state index in [2.05, 4.69) is 26.6 Å². The van der Waals surface area contributed by atoms with Crippen LogP contribution >= 0.6 is 15.9 Å². The number of anilines is 1. The van der Waals surface area contributed by atoms with Gasteiger partial charge in [0.05, 0.1) is 0 Å². The smallest absolute Gasteiger partial charge is 0.319 e. The Kier molecular flexibility index (Phi) is 6.95. The predicted molar refractivity (Wildman–Crippen MR) is 77.3 cm³/mol. The highest BCUT2D eigenvalue weighted by molar-refractivity contribution is 9.10. The van der Waals surface area contributed by atoms with Gasteiger partial charge in [0.1, 0.15) is 0 Å². The summed E-state index contributed by atoms with van der Waals surface area (Å²) in [6, 6.07) is 7.08. The largest absolute Gasteiger partial charge is 0.481 e. The molecule has 0 bridgehead atoms. The number of unbranched alkanes of at least 4 members (excludes halogenated alkanes) is 2. The molecule has 0 saturated carbocycles. The topological polar surface area (TPSA) is 78.4 Å². The molecule has 0 saturated heterocycles. The molecule has 0 aliphatic heterocycles. The summed E-state index contributed by atoms with van der Waals surface area (Å²) in [5, 5.41) is 13.9. The summed E-state index contributed by atoms with van der Waals surface area (Å²) in [7, 11) is 0. The molecule has 1 aromatic carbocycles. The summed E-state index contributed by atoms with van der Waals surface area (Å²) in [6.07, 6.45) is 2.40. The van der Waals surface area contributed by atoms with Crippen molar-refractivity contribution >= 4 is 33.6 Å². The Hall–Kier alpha value is -1.56. The van der Waals surface area contributed by atoms with Crippen LogP contribution in [-0.2, 0) is 4.79 Å². The number of nitrogens with one attached hydrogen (secondary N) is 2. The molecule has 0 aliphatic carbocycles. The van der Waals surface area contributed by atoms with Gasteiger partial charge in [-0.1, -0.05) is 28.4 Å². The van der Waals surface area contributed by atoms with E-state index in [1.807, 2.05) is 18.2 Å². The summed E-state index contributed by atoms with van der Waals surface area (Å²) in [6.45, 7) is 0.541. The molecule has 2 amide bonds. The number of rotatable bonds is 7. The lowest BCUT2D eigenvalue weighted by Crippen LogP contribution is -2.29. The molecule has 6 heteroatoms. The number of carboxylic acids is 1. The number of urea groups is 1. The zero-order chi connectivity index (χ0) is 14.1. The first-order valence-corrected chi connectivity index (χ1v) is 6.89. The van der Waals surface area contributed by atoms with Gasteiger partial charge >= 0.3 is 12.0 Å². The van der Waals surface area contributed by atoms with Gasteiger partial charge in [-0.05, 0) is 31.0 Å². The van der Waals surface area contributed by atoms with Crippen molar-refractivity contribution in [1.29, 1.82) is 0 Å². The average Bonchev–Trinajstić information content (AvgIpc) is 2.33. The van der Waals surface area contributed by atoms with E-state index >= 15 is 0 Å². The fourth-order valence-electron chi connectivity index (χ4n) is 1.52. The van der Waals surface area contributed by atoms with Gasteiger partial charge in [0, 0.05) is 23.1 Å². The Bertz CT molecular complexity index is 438. The van der Waals surface area contributed by atoms with Gasteiger partial charge in [0.15, 0.2) is 0 Å². The molecule has 104 valence electrons. The molecular formula is C13H17BrN2O3. The first-order chi connectivity index (χ1) is 9.08. The normalized spacial score (nSPS) is 9.95. The number of benzene rings is 1. The lowest BCUT2D eigenvalue weighted by atomic mass is 10.2. The van der Waals surface area contributed by atoms with Crippen molar-refractivity contribution in [2.75, 3.05) is 11.9 Å². The standard InChI is InChI=1S/C13H17BrN2O3/c14-10-5-4-6-11(9-10)16-13(19)15-8-3-1-2-7-12(17)18/h4-6,9H,1-3,7-8H2,(H,17,18)(H2,15,16,19). The van der Waals surface area contributed by atoms with Crippen LogP contribution in [-0.4, -0.2) is 23.7 Å². The molecule has 0 heterocycles. The highest BCUT2D eigenvalue weighted by Crippen LogP contribution is 2.15. The summed E-state index contributed by atoms with van der Waals surface area (Å²) in [4.78, 5) is 21.8. The average molecular weight is 329 g/mol. The molecule has 1 aromatic rings. The Morgan fingerprint density at radius 3 is 2.68 bits per heavy atom. The fourth-order valence-corrected chi connectivity index (χ4v) is 1.92. The molecule has 0 aliphatic rings. The molecule has 0 atom stereocenters. The number of hydrogen-bond donors (Lipinski definition) is 3. The molecule has 19 heavy (non-hydrogen) atoms. The van der Waals surface area contributed by atoms with E-state index in [9.17, 15) is 9.59 Å². The van der Waals surface area contributed by atoms with Crippen LogP contribution in [0.3, 0.4) is 0 Å². The van der Waals surface area contributed by atoms with Crippen LogP contribution in [0.4, 0.5) is 10.5 Å². The van der Waals surface area contributed by atoms with Crippen molar-refractivity contribution in [2.45, 2.75) is 25.7 Å². The Balaban J connectivity index is 2.13. The number of halogens is 1. The van der Waals surface area contributed by atoms with Gasteiger partial charge in [0.25, 0.3) is 0 Å². The van der Waals surface area contributed by atoms with Crippen molar-refractivity contribution in [1.82, 2.24) is 5.32 Å². The van der Waals surface area contributed by atoms with E-state index in [-0.39, 0.29) is 12.5 Å². The third kappa shape index (κ3) is 7.46. The van der Waals surface area contributed by atoms with Gasteiger partial charge in [-0.3, -0.25) is 4.79 Å². The molecule has 0 fully saturated rings. The van der Waals surface area contributed by atoms with E-state index in [1.165, 1.54) is 0 Å². The van der Waals surface area contributed by atoms with Crippen LogP contribution in [0.5, 0.6) is 0 Å². The number of carbonyl (C=O) groups excluding carboxylic acids is 1. The minimum atomic E-state index is -0.777. The van der Waals surface area contributed by atoms with Crippen LogP contribution < -0.4 is 10.6 Å². The van der Waals surface area contributed by atoms with Crippen LogP contribution in [0.1, 0.15) is 25.7 Å². The molecule has 0 radical (unpaired) electrons. The van der Waals surface area contributed by atoms with Crippen LogP contribution in [0, 0.1) is 0 Å². The zero-order valence-corrected chi connectivity index (χ0v) is 12.1. The SMILES string of the molecule is O=C(O)CCCCCNC(=O)Nc1cccc(Br)c1. The van der Waals surface area contributed by atoms with E-state index in [4.69, 9.17) is 5.11 Å². The van der Waals surface area contributed by atoms with Gasteiger partial charge in [0.2, 0.25) is 0 Å². The number of hydrogen-bond acceptors (Lipinski definition) is 2. The van der Waals surface area contributed by atoms with Crippen molar-refractivity contribution < 1.29 is 14.7 Å². The molecule has 1 rings (SSSR count). The van der Waals surface area contributed by atoms with Gasteiger partial charge in [-0.25, -0.2) is 4.79 Å². The van der Waals surface area contributed by atoms with Crippen molar-refractivity contribution in [2.24, 2.45) is 0 Å². The van der Waals surface area contributed by atoms with Gasteiger partial charge in [-0.2, -0.15) is 0 Å². The van der Waals surface area contributed by atoms with Crippen molar-refractivity contribution in [3.05, 3.63) is 28.7 Å². The Labute approximate surface area is 120 Å². The van der Waals surface area contributed by atoms with E-state index < -0.39 is 5.97 Å². The number of aliphatic carboxylic acids is 1. The highest BCUT2D eigenvalue weighted by Gasteiger charge is 2.01. The van der Waals surface area contributed by atoms with Crippen LogP contribution in [0.25, 0.3) is 0 Å². The molecule has 0 spiro atoms. The summed E-state index contributed by atoms with van der Waals surface area (Å²) in [5.41, 5.74) is 0.720. The second-order valence-corrected chi connectivity index (χ2v) is 5.01.